The van der Waals surface area contributed by atoms with Gasteiger partial charge in [0, 0.05) is 31.4 Å². The van der Waals surface area contributed by atoms with E-state index in [9.17, 15) is 4.39 Å². The molecular weight excluding hydrogens is 267 g/mol. The average Bonchev–Trinajstić information content (AvgIpc) is 2.76. The van der Waals surface area contributed by atoms with Gasteiger partial charge in [0.25, 0.3) is 0 Å². The quantitative estimate of drug-likeness (QED) is 0.900. The Morgan fingerprint density at radius 3 is 2.90 bits per heavy atom. The van der Waals surface area contributed by atoms with Gasteiger partial charge in [-0.3, -0.25) is 0 Å². The number of hydrogen-bond acceptors (Lipinski definition) is 3. The van der Waals surface area contributed by atoms with Crippen LogP contribution >= 0.6 is 0 Å². The molecule has 0 bridgehead atoms. The van der Waals surface area contributed by atoms with E-state index < -0.39 is 0 Å². The van der Waals surface area contributed by atoms with Crippen molar-refractivity contribution in [2.24, 2.45) is 0 Å². The molecular formula is C17H27FN2O. The number of anilines is 1. The Hall–Kier alpha value is -1.13. The summed E-state index contributed by atoms with van der Waals surface area (Å²) in [6, 6.07) is 3.84. The lowest BCUT2D eigenvalue weighted by Gasteiger charge is -2.28. The Morgan fingerprint density at radius 2 is 2.14 bits per heavy atom. The molecule has 1 aromatic rings. The summed E-state index contributed by atoms with van der Waals surface area (Å²) in [4.78, 5) is 2.33. The summed E-state index contributed by atoms with van der Waals surface area (Å²) in [5.41, 5.74) is 2.91. The van der Waals surface area contributed by atoms with E-state index in [-0.39, 0.29) is 11.9 Å². The lowest BCUT2D eigenvalue weighted by molar-refractivity contribution is 0.152. The summed E-state index contributed by atoms with van der Waals surface area (Å²) in [5, 5.41) is 3.47. The van der Waals surface area contributed by atoms with Crippen LogP contribution in [0.3, 0.4) is 0 Å². The topological polar surface area (TPSA) is 24.5 Å². The molecule has 1 unspecified atom stereocenters. The van der Waals surface area contributed by atoms with Crippen LogP contribution in [0.25, 0.3) is 0 Å². The maximum absolute atomic E-state index is 14.0. The molecule has 21 heavy (non-hydrogen) atoms. The third-order valence-corrected chi connectivity index (χ3v) is 4.04. The summed E-state index contributed by atoms with van der Waals surface area (Å²) in [5.74, 6) is -0.120. The molecule has 1 aromatic carbocycles. The zero-order valence-electron chi connectivity index (χ0n) is 13.4. The average molecular weight is 294 g/mol. The molecule has 1 fully saturated rings. The fourth-order valence-electron chi connectivity index (χ4n) is 2.76. The predicted molar refractivity (Wildman–Crippen MR) is 85.5 cm³/mol. The highest BCUT2D eigenvalue weighted by molar-refractivity contribution is 5.57. The molecule has 3 nitrogen and oxygen atoms in total. The molecule has 0 amide bonds. The van der Waals surface area contributed by atoms with Gasteiger partial charge in [0.2, 0.25) is 0 Å². The SMILES string of the molecule is CCCNC(C)c1cc(F)c(C)cc1N1CCCOCC1. The van der Waals surface area contributed by atoms with E-state index in [0.717, 1.165) is 56.9 Å². The van der Waals surface area contributed by atoms with Crippen LogP contribution < -0.4 is 10.2 Å². The number of halogens is 1. The molecule has 1 aliphatic rings. The van der Waals surface area contributed by atoms with Crippen molar-refractivity contribution in [2.45, 2.75) is 39.7 Å². The lowest BCUT2D eigenvalue weighted by atomic mass is 10.0. The molecule has 1 atom stereocenters. The van der Waals surface area contributed by atoms with Crippen LogP contribution in [0.15, 0.2) is 12.1 Å². The third kappa shape index (κ3) is 4.17. The Labute approximate surface area is 127 Å². The van der Waals surface area contributed by atoms with Gasteiger partial charge >= 0.3 is 0 Å². The molecule has 1 aliphatic heterocycles. The number of aryl methyl sites for hydroxylation is 1. The van der Waals surface area contributed by atoms with Gasteiger partial charge in [-0.1, -0.05) is 6.92 Å². The zero-order valence-corrected chi connectivity index (χ0v) is 13.4. The molecule has 1 N–H and O–H groups in total. The lowest BCUT2D eigenvalue weighted by Crippen LogP contribution is -2.29. The first-order chi connectivity index (χ1) is 10.1. The predicted octanol–water partition coefficient (Wildman–Crippen LogP) is 3.42. The smallest absolute Gasteiger partial charge is 0.126 e. The summed E-state index contributed by atoms with van der Waals surface area (Å²) >= 11 is 0. The normalized spacial score (nSPS) is 17.6. The van der Waals surface area contributed by atoms with Gasteiger partial charge in [-0.15, -0.1) is 0 Å². The summed E-state index contributed by atoms with van der Waals surface area (Å²) in [7, 11) is 0. The highest BCUT2D eigenvalue weighted by atomic mass is 19.1. The molecule has 0 spiro atoms. The molecule has 0 saturated carbocycles. The van der Waals surface area contributed by atoms with Crippen LogP contribution in [0.4, 0.5) is 10.1 Å². The molecule has 2 rings (SSSR count). The van der Waals surface area contributed by atoms with Gasteiger partial charge in [0.15, 0.2) is 0 Å². The fraction of sp³-hybridized carbons (Fsp3) is 0.647. The van der Waals surface area contributed by atoms with Crippen LogP contribution in [0.5, 0.6) is 0 Å². The number of rotatable bonds is 5. The molecule has 0 aromatic heterocycles. The highest BCUT2D eigenvalue weighted by Crippen LogP contribution is 2.30. The van der Waals surface area contributed by atoms with Crippen molar-refractivity contribution in [2.75, 3.05) is 37.7 Å². The van der Waals surface area contributed by atoms with Gasteiger partial charge in [-0.25, -0.2) is 4.39 Å². The maximum Gasteiger partial charge on any atom is 0.126 e. The molecule has 0 radical (unpaired) electrons. The summed E-state index contributed by atoms with van der Waals surface area (Å²) in [6.45, 7) is 10.4. The van der Waals surface area contributed by atoms with Crippen molar-refractivity contribution in [3.63, 3.8) is 0 Å². The van der Waals surface area contributed by atoms with E-state index in [4.69, 9.17) is 4.74 Å². The standard InChI is InChI=1S/C17H27FN2O/c1-4-6-19-14(3)15-12-16(18)13(2)11-17(15)20-7-5-9-21-10-8-20/h11-12,14,19H,4-10H2,1-3H3. The van der Waals surface area contributed by atoms with Gasteiger partial charge in [0.1, 0.15) is 5.82 Å². The third-order valence-electron chi connectivity index (χ3n) is 4.04. The molecule has 1 heterocycles. The Bertz CT molecular complexity index is 456. The summed E-state index contributed by atoms with van der Waals surface area (Å²) in [6.07, 6.45) is 2.10. The molecule has 0 aliphatic carbocycles. The van der Waals surface area contributed by atoms with Crippen LogP contribution in [-0.4, -0.2) is 32.8 Å². The monoisotopic (exact) mass is 294 g/mol. The van der Waals surface area contributed by atoms with E-state index in [2.05, 4.69) is 24.1 Å². The van der Waals surface area contributed by atoms with E-state index in [0.29, 0.717) is 5.56 Å². The van der Waals surface area contributed by atoms with Crippen molar-refractivity contribution in [1.29, 1.82) is 0 Å². The first-order valence-corrected chi connectivity index (χ1v) is 7.99. The number of hydrogen-bond donors (Lipinski definition) is 1. The highest BCUT2D eigenvalue weighted by Gasteiger charge is 2.19. The summed E-state index contributed by atoms with van der Waals surface area (Å²) < 4.78 is 19.6. The van der Waals surface area contributed by atoms with E-state index in [1.807, 2.05) is 13.0 Å². The van der Waals surface area contributed by atoms with Crippen molar-refractivity contribution in [3.8, 4) is 0 Å². The number of nitrogens with one attached hydrogen (secondary N) is 1. The van der Waals surface area contributed by atoms with Crippen molar-refractivity contribution in [3.05, 3.63) is 29.1 Å². The molecule has 1 saturated heterocycles. The van der Waals surface area contributed by atoms with E-state index in [1.165, 1.54) is 0 Å². The number of benzene rings is 1. The van der Waals surface area contributed by atoms with Crippen molar-refractivity contribution < 1.29 is 9.13 Å². The minimum absolute atomic E-state index is 0.120. The maximum atomic E-state index is 14.0. The molecule has 118 valence electrons. The number of ether oxygens (including phenoxy) is 1. The van der Waals surface area contributed by atoms with Gasteiger partial charge < -0.3 is 15.0 Å². The fourth-order valence-corrected chi connectivity index (χ4v) is 2.76. The second-order valence-electron chi connectivity index (χ2n) is 5.79. The largest absolute Gasteiger partial charge is 0.380 e. The van der Waals surface area contributed by atoms with Gasteiger partial charge in [-0.2, -0.15) is 0 Å². The first kappa shape index (κ1) is 16.2. The van der Waals surface area contributed by atoms with Crippen LogP contribution in [0.2, 0.25) is 0 Å². The van der Waals surface area contributed by atoms with E-state index in [1.54, 1.807) is 6.07 Å². The second-order valence-corrected chi connectivity index (χ2v) is 5.79. The minimum atomic E-state index is -0.120. The second kappa shape index (κ2) is 7.76. The first-order valence-electron chi connectivity index (χ1n) is 7.99. The zero-order chi connectivity index (χ0) is 15.2. The van der Waals surface area contributed by atoms with Crippen LogP contribution in [0, 0.1) is 12.7 Å². The van der Waals surface area contributed by atoms with Gasteiger partial charge in [0.05, 0.1) is 6.61 Å². The van der Waals surface area contributed by atoms with Crippen molar-refractivity contribution >= 4 is 5.69 Å². The molecule has 4 heteroatoms. The van der Waals surface area contributed by atoms with E-state index >= 15 is 0 Å². The number of nitrogens with zero attached hydrogens (tertiary/aromatic N) is 1. The Balaban J connectivity index is 2.30. The minimum Gasteiger partial charge on any atom is -0.380 e. The van der Waals surface area contributed by atoms with Crippen LogP contribution in [-0.2, 0) is 4.74 Å². The van der Waals surface area contributed by atoms with Gasteiger partial charge in [-0.05, 0) is 56.5 Å². The Morgan fingerprint density at radius 1 is 1.33 bits per heavy atom. The Kier molecular flexibility index (Phi) is 6.00. The van der Waals surface area contributed by atoms with Crippen LogP contribution in [0.1, 0.15) is 43.9 Å². The van der Waals surface area contributed by atoms with Crippen molar-refractivity contribution in [1.82, 2.24) is 5.32 Å².